The highest BCUT2D eigenvalue weighted by Gasteiger charge is 2.38. The molecule has 0 fully saturated rings. The Hall–Kier alpha value is -4.96. The van der Waals surface area contributed by atoms with Gasteiger partial charge in [-0.25, -0.2) is 0 Å². The summed E-state index contributed by atoms with van der Waals surface area (Å²) in [6.45, 7) is 5.10. The monoisotopic (exact) mass is 1140 g/mol. The molecule has 400 valence electrons. The Kier molecular flexibility index (Phi) is 17.6. The molecule has 0 aliphatic heterocycles. The van der Waals surface area contributed by atoms with Gasteiger partial charge in [0.1, 0.15) is 4.75 Å². The van der Waals surface area contributed by atoms with E-state index in [1.54, 1.807) is 48.6 Å². The SMILES string of the molecule is CC(CC(CC(CC(CC(CC(C)c1ccc(S(=O)(=O)O)cc1)c1ccc(S(=O)(=O)O)cc1)c1ccc(S(=O)(=O)O)cc1)C1=CCC(C)(S(=O)(=O)O)C=C1)c1ccc(S(=O)(=O)O)cc1)c1ccc(S(=O)(=O)O)cc1. The Morgan fingerprint density at radius 1 is 0.378 bits per heavy atom. The first-order chi connectivity index (χ1) is 34.1. The maximum Gasteiger partial charge on any atom is 0.294 e. The Bertz CT molecular complexity index is 3580. The van der Waals surface area contributed by atoms with Crippen LogP contribution in [-0.4, -0.2) is 82.6 Å². The summed E-state index contributed by atoms with van der Waals surface area (Å²) < 4.78 is 204. The number of allylic oxidation sites excluding steroid dienone is 3. The van der Waals surface area contributed by atoms with E-state index in [-0.39, 0.29) is 57.1 Å². The normalized spacial score (nSPS) is 18.4. The van der Waals surface area contributed by atoms with Gasteiger partial charge < -0.3 is 0 Å². The smallest absolute Gasteiger partial charge is 0.285 e. The third kappa shape index (κ3) is 14.9. The van der Waals surface area contributed by atoms with Crippen molar-refractivity contribution in [2.45, 2.75) is 118 Å². The summed E-state index contributed by atoms with van der Waals surface area (Å²) in [5, 5.41) is 0. The van der Waals surface area contributed by atoms with E-state index in [1.807, 2.05) is 13.8 Å². The van der Waals surface area contributed by atoms with Crippen LogP contribution in [0.15, 0.2) is 170 Å². The van der Waals surface area contributed by atoms with Crippen molar-refractivity contribution in [3.05, 3.63) is 173 Å². The Labute approximate surface area is 432 Å². The average molecular weight is 1140 g/mol. The van der Waals surface area contributed by atoms with Crippen LogP contribution in [0.5, 0.6) is 0 Å². The van der Waals surface area contributed by atoms with Crippen LogP contribution in [0.4, 0.5) is 0 Å². The molecule has 7 atom stereocenters. The first-order valence-corrected chi connectivity index (χ1v) is 31.5. The topological polar surface area (TPSA) is 326 Å². The van der Waals surface area contributed by atoms with Gasteiger partial charge in [-0.15, -0.1) is 0 Å². The molecule has 6 N–H and O–H groups in total. The Balaban J connectivity index is 1.51. The van der Waals surface area contributed by atoms with Gasteiger partial charge in [-0.05, 0) is 175 Å². The third-order valence-electron chi connectivity index (χ3n) is 13.9. The zero-order valence-electron chi connectivity index (χ0n) is 40.0. The molecule has 1 aliphatic rings. The van der Waals surface area contributed by atoms with Gasteiger partial charge in [-0.3, -0.25) is 27.3 Å². The summed E-state index contributed by atoms with van der Waals surface area (Å²) in [5.74, 6) is -2.73. The van der Waals surface area contributed by atoms with E-state index in [1.165, 1.54) is 97.9 Å². The molecule has 6 rings (SSSR count). The van der Waals surface area contributed by atoms with Crippen molar-refractivity contribution in [3.63, 3.8) is 0 Å². The van der Waals surface area contributed by atoms with Crippen molar-refractivity contribution in [1.82, 2.24) is 0 Å². The number of rotatable bonds is 22. The summed E-state index contributed by atoms with van der Waals surface area (Å²) in [6.07, 6.45) is 5.89. The quantitative estimate of drug-likeness (QED) is 0.0351. The first kappa shape index (κ1) is 58.3. The molecule has 0 radical (unpaired) electrons. The fourth-order valence-electron chi connectivity index (χ4n) is 9.53. The van der Waals surface area contributed by atoms with Crippen LogP contribution in [0.2, 0.25) is 0 Å². The lowest BCUT2D eigenvalue weighted by molar-refractivity contribution is 0.372. The summed E-state index contributed by atoms with van der Waals surface area (Å²) >= 11 is 0. The van der Waals surface area contributed by atoms with E-state index >= 15 is 0 Å². The highest BCUT2D eigenvalue weighted by molar-refractivity contribution is 7.87. The van der Waals surface area contributed by atoms with E-state index in [0.29, 0.717) is 46.2 Å². The lowest BCUT2D eigenvalue weighted by atomic mass is 9.71. The largest absolute Gasteiger partial charge is 0.294 e. The number of hydrogen-bond acceptors (Lipinski definition) is 12. The predicted octanol–water partition coefficient (Wildman–Crippen LogP) is 9.28. The summed E-state index contributed by atoms with van der Waals surface area (Å²) in [7, 11) is -27.6. The van der Waals surface area contributed by atoms with Gasteiger partial charge in [-0.1, -0.05) is 92.7 Å². The van der Waals surface area contributed by atoms with Crippen LogP contribution < -0.4 is 0 Å². The molecular weight excluding hydrogens is 1080 g/mol. The first-order valence-electron chi connectivity index (χ1n) is 22.9. The van der Waals surface area contributed by atoms with Crippen LogP contribution in [0.3, 0.4) is 0 Å². The second kappa shape index (κ2) is 22.3. The summed E-state index contributed by atoms with van der Waals surface area (Å²) in [6, 6.07) is 27.8. The zero-order valence-corrected chi connectivity index (χ0v) is 44.9. The molecule has 18 nitrogen and oxygen atoms in total. The molecule has 0 saturated heterocycles. The molecule has 0 aromatic heterocycles. The van der Waals surface area contributed by atoms with Crippen LogP contribution in [0, 0.1) is 5.92 Å². The van der Waals surface area contributed by atoms with Crippen LogP contribution in [-0.2, 0) is 60.7 Å². The molecule has 5 aromatic carbocycles. The maximum absolute atomic E-state index is 12.6. The number of benzene rings is 5. The van der Waals surface area contributed by atoms with Crippen molar-refractivity contribution in [2.24, 2.45) is 5.92 Å². The van der Waals surface area contributed by atoms with Gasteiger partial charge in [0, 0.05) is 0 Å². The van der Waals surface area contributed by atoms with Gasteiger partial charge >= 0.3 is 0 Å². The Morgan fingerprint density at radius 2 is 0.622 bits per heavy atom. The van der Waals surface area contributed by atoms with Crippen LogP contribution >= 0.6 is 0 Å². The standard InChI is InChI=1S/C50H56O18S6/c1-33(35-4-14-45(15-5-35)69(51,52)53)28-41(37-8-18-47(19-9-37)71(57,58)59)30-43(39-12-22-49(23-13-39)73(63,64)65)32-44(40-24-26-50(3,27-25-40)74(66,67)68)31-42(38-10-20-48(21-11-38)72(60,61)62)29-34(2)36-6-16-46(17-7-36)70(54,55)56/h4-26,33-34,41-44H,27-32H2,1-3H3,(H,51,52,53)(H,54,55,56)(H,57,58,59)(H,60,61,62)(H,63,64,65)(H,66,67,68). The minimum atomic E-state index is -4.66. The lowest BCUT2D eigenvalue weighted by Gasteiger charge is -2.34. The molecule has 1 aliphatic carbocycles. The maximum atomic E-state index is 12.6. The molecule has 0 heterocycles. The van der Waals surface area contributed by atoms with Crippen molar-refractivity contribution in [2.75, 3.05) is 0 Å². The van der Waals surface area contributed by atoms with Gasteiger partial charge in [0.05, 0.1) is 24.5 Å². The Morgan fingerprint density at radius 3 is 0.851 bits per heavy atom. The molecule has 24 heteroatoms. The molecule has 0 saturated carbocycles. The highest BCUT2D eigenvalue weighted by atomic mass is 32.2. The molecular formula is C50H56O18S6. The number of hydrogen-bond donors (Lipinski definition) is 6. The fraction of sp³-hybridized carbons (Fsp3) is 0.320. The highest BCUT2D eigenvalue weighted by Crippen LogP contribution is 2.46. The van der Waals surface area contributed by atoms with Crippen LogP contribution in [0.25, 0.3) is 0 Å². The molecule has 0 amide bonds. The predicted molar refractivity (Wildman–Crippen MR) is 275 cm³/mol. The lowest BCUT2D eigenvalue weighted by Crippen LogP contribution is -2.34. The zero-order chi connectivity index (χ0) is 54.8. The molecule has 0 spiro atoms. The van der Waals surface area contributed by atoms with E-state index in [0.717, 1.165) is 0 Å². The van der Waals surface area contributed by atoms with Gasteiger partial charge in [0.2, 0.25) is 0 Å². The van der Waals surface area contributed by atoms with Crippen LogP contribution in [0.1, 0.15) is 117 Å². The van der Waals surface area contributed by atoms with Gasteiger partial charge in [-0.2, -0.15) is 50.5 Å². The minimum absolute atomic E-state index is 0.150. The van der Waals surface area contributed by atoms with Crippen molar-refractivity contribution < 1.29 is 77.8 Å². The minimum Gasteiger partial charge on any atom is -0.285 e. The van der Waals surface area contributed by atoms with Crippen molar-refractivity contribution in [1.29, 1.82) is 0 Å². The molecule has 0 bridgehead atoms. The van der Waals surface area contributed by atoms with E-state index < -0.39 is 94.0 Å². The molecule has 7 unspecified atom stereocenters. The van der Waals surface area contributed by atoms with E-state index in [2.05, 4.69) is 0 Å². The molecule has 5 aromatic rings. The van der Waals surface area contributed by atoms with Gasteiger partial charge in [0.15, 0.2) is 0 Å². The second-order valence-corrected chi connectivity index (χ2v) is 28.0. The molecule has 74 heavy (non-hydrogen) atoms. The second-order valence-electron chi connectivity index (χ2n) is 19.0. The fourth-order valence-corrected chi connectivity index (χ4v) is 12.5. The third-order valence-corrected chi connectivity index (χ3v) is 19.7. The van der Waals surface area contributed by atoms with E-state index in [4.69, 9.17) is 0 Å². The average Bonchev–Trinajstić information content (AvgIpc) is 3.31. The van der Waals surface area contributed by atoms with Crippen molar-refractivity contribution in [3.8, 4) is 0 Å². The van der Waals surface area contributed by atoms with Crippen molar-refractivity contribution >= 4 is 60.7 Å². The summed E-state index contributed by atoms with van der Waals surface area (Å²) in [5.41, 5.74) is 3.80. The summed E-state index contributed by atoms with van der Waals surface area (Å²) in [4.78, 5) is -1.80. The van der Waals surface area contributed by atoms with E-state index in [9.17, 15) is 77.8 Å². The van der Waals surface area contributed by atoms with Gasteiger partial charge in [0.25, 0.3) is 60.7 Å².